The lowest BCUT2D eigenvalue weighted by Gasteiger charge is -2.07. The molecule has 3 rings (SSSR count). The van der Waals surface area contributed by atoms with Gasteiger partial charge in [-0.05, 0) is 30.3 Å². The van der Waals surface area contributed by atoms with Crippen LogP contribution in [0.4, 0.5) is 10.1 Å². The maximum absolute atomic E-state index is 13.2. The first-order valence-corrected chi connectivity index (χ1v) is 7.19. The summed E-state index contributed by atoms with van der Waals surface area (Å²) in [6.07, 6.45) is 2.61. The van der Waals surface area contributed by atoms with Gasteiger partial charge in [0, 0.05) is 12.4 Å². The van der Waals surface area contributed by atoms with Crippen molar-refractivity contribution in [3.63, 3.8) is 0 Å². The number of hydrogen-bond acceptors (Lipinski definition) is 4. The van der Waals surface area contributed by atoms with Gasteiger partial charge in [0.1, 0.15) is 17.2 Å². The highest BCUT2D eigenvalue weighted by atomic mass is 35.5. The second-order valence-corrected chi connectivity index (χ2v) is 5.29. The van der Waals surface area contributed by atoms with Gasteiger partial charge in [-0.2, -0.15) is 0 Å². The number of pyridine rings is 1. The summed E-state index contributed by atoms with van der Waals surface area (Å²) in [7, 11) is 1.25. The lowest BCUT2D eigenvalue weighted by atomic mass is 10.2. The number of anilines is 1. The monoisotopic (exact) mass is 347 g/mol. The van der Waals surface area contributed by atoms with Crippen LogP contribution in [0.2, 0.25) is 5.02 Å². The zero-order valence-corrected chi connectivity index (χ0v) is 13.2. The van der Waals surface area contributed by atoms with Crippen LogP contribution in [0.15, 0.2) is 42.7 Å². The van der Waals surface area contributed by atoms with Crippen molar-refractivity contribution in [1.29, 1.82) is 0 Å². The van der Waals surface area contributed by atoms with Crippen LogP contribution in [0, 0.1) is 5.82 Å². The predicted octanol–water partition coefficient (Wildman–Crippen LogP) is 3.17. The summed E-state index contributed by atoms with van der Waals surface area (Å²) in [5.41, 5.74) is 0.998. The fourth-order valence-electron chi connectivity index (χ4n) is 2.13. The third kappa shape index (κ3) is 3.07. The number of ether oxygens (including phenoxy) is 1. The van der Waals surface area contributed by atoms with E-state index in [0.29, 0.717) is 5.65 Å². The Morgan fingerprint density at radius 3 is 2.79 bits per heavy atom. The molecule has 0 aliphatic rings. The number of halogens is 2. The van der Waals surface area contributed by atoms with E-state index in [-0.39, 0.29) is 22.0 Å². The van der Waals surface area contributed by atoms with Crippen molar-refractivity contribution in [3.05, 3.63) is 64.8 Å². The lowest BCUT2D eigenvalue weighted by molar-refractivity contribution is 0.0600. The van der Waals surface area contributed by atoms with Gasteiger partial charge < -0.3 is 14.5 Å². The molecule has 6 nitrogen and oxygen atoms in total. The number of amides is 1. The van der Waals surface area contributed by atoms with Gasteiger partial charge >= 0.3 is 5.97 Å². The Hall–Kier alpha value is -2.93. The van der Waals surface area contributed by atoms with E-state index in [0.717, 1.165) is 0 Å². The Labute approximate surface area is 140 Å². The van der Waals surface area contributed by atoms with Gasteiger partial charge in [-0.1, -0.05) is 11.6 Å². The van der Waals surface area contributed by atoms with Crippen LogP contribution in [0.1, 0.15) is 20.8 Å². The van der Waals surface area contributed by atoms with Crippen molar-refractivity contribution in [1.82, 2.24) is 9.38 Å². The van der Waals surface area contributed by atoms with Crippen molar-refractivity contribution in [2.24, 2.45) is 0 Å². The fourth-order valence-corrected chi connectivity index (χ4v) is 2.29. The number of rotatable bonds is 3. The second kappa shape index (κ2) is 6.29. The molecule has 24 heavy (non-hydrogen) atoms. The minimum Gasteiger partial charge on any atom is -0.465 e. The number of aromatic nitrogens is 2. The smallest absolute Gasteiger partial charge is 0.337 e. The van der Waals surface area contributed by atoms with Crippen molar-refractivity contribution >= 4 is 34.8 Å². The maximum atomic E-state index is 13.2. The predicted molar refractivity (Wildman–Crippen MR) is 85.9 cm³/mol. The minimum absolute atomic E-state index is 0.0835. The molecule has 2 aromatic heterocycles. The molecule has 1 amide bonds. The van der Waals surface area contributed by atoms with Crippen LogP contribution < -0.4 is 5.32 Å². The first-order chi connectivity index (χ1) is 11.5. The average molecular weight is 348 g/mol. The summed E-state index contributed by atoms with van der Waals surface area (Å²) in [4.78, 5) is 28.0. The number of imidazole rings is 1. The summed E-state index contributed by atoms with van der Waals surface area (Å²) in [5.74, 6) is -1.53. The average Bonchev–Trinajstić information content (AvgIpc) is 2.99. The molecule has 1 aromatic carbocycles. The molecule has 0 saturated heterocycles. The van der Waals surface area contributed by atoms with E-state index in [9.17, 15) is 14.0 Å². The Kier molecular flexibility index (Phi) is 4.18. The molecule has 3 aromatic rings. The first-order valence-electron chi connectivity index (χ1n) is 6.81. The van der Waals surface area contributed by atoms with Crippen LogP contribution in [-0.2, 0) is 4.74 Å². The molecule has 1 N–H and O–H groups in total. The number of carbonyl (C=O) groups is 2. The molecule has 0 atom stereocenters. The largest absolute Gasteiger partial charge is 0.465 e. The standard InChI is InChI=1S/C16H11ClFN3O3/c1-24-16(23)9-2-4-11(17)12(6-9)20-15(22)13-8-21-7-10(18)3-5-14(21)19-13/h2-8H,1H3,(H,20,22). The van der Waals surface area contributed by atoms with Crippen molar-refractivity contribution < 1.29 is 18.7 Å². The van der Waals surface area contributed by atoms with E-state index in [1.54, 1.807) is 0 Å². The molecule has 0 spiro atoms. The molecular formula is C16H11ClFN3O3. The van der Waals surface area contributed by atoms with Gasteiger partial charge in [0.25, 0.3) is 5.91 Å². The van der Waals surface area contributed by atoms with E-state index in [1.807, 2.05) is 0 Å². The van der Waals surface area contributed by atoms with Gasteiger partial charge in [-0.25, -0.2) is 14.2 Å². The molecule has 0 bridgehead atoms. The number of carbonyl (C=O) groups excluding carboxylic acids is 2. The van der Waals surface area contributed by atoms with Crippen molar-refractivity contribution in [2.45, 2.75) is 0 Å². The Morgan fingerprint density at radius 2 is 2.04 bits per heavy atom. The number of methoxy groups -OCH3 is 1. The molecule has 0 saturated carbocycles. The number of esters is 1. The third-order valence-electron chi connectivity index (χ3n) is 3.28. The summed E-state index contributed by atoms with van der Waals surface area (Å²) in [5, 5.41) is 2.83. The highest BCUT2D eigenvalue weighted by Crippen LogP contribution is 2.24. The SMILES string of the molecule is COC(=O)c1ccc(Cl)c(NC(=O)c2cn3cc(F)ccc3n2)c1. The lowest BCUT2D eigenvalue weighted by Crippen LogP contribution is -2.13. The Morgan fingerprint density at radius 1 is 1.25 bits per heavy atom. The van der Waals surface area contributed by atoms with Crippen LogP contribution in [0.3, 0.4) is 0 Å². The molecule has 0 aliphatic carbocycles. The number of fused-ring (bicyclic) bond motifs is 1. The molecule has 0 unspecified atom stereocenters. The molecule has 2 heterocycles. The van der Waals surface area contributed by atoms with E-state index in [4.69, 9.17) is 11.6 Å². The van der Waals surface area contributed by atoms with Gasteiger partial charge in [0.15, 0.2) is 0 Å². The van der Waals surface area contributed by atoms with E-state index in [2.05, 4.69) is 15.0 Å². The van der Waals surface area contributed by atoms with Gasteiger partial charge in [0.2, 0.25) is 0 Å². The highest BCUT2D eigenvalue weighted by Gasteiger charge is 2.15. The van der Waals surface area contributed by atoms with Crippen LogP contribution in [0.25, 0.3) is 5.65 Å². The number of nitrogens with zero attached hydrogens (tertiary/aromatic N) is 2. The van der Waals surface area contributed by atoms with Gasteiger partial charge in [-0.15, -0.1) is 0 Å². The van der Waals surface area contributed by atoms with E-state index >= 15 is 0 Å². The molecule has 0 aliphatic heterocycles. The quantitative estimate of drug-likeness (QED) is 0.739. The zero-order valence-electron chi connectivity index (χ0n) is 12.4. The summed E-state index contributed by atoms with van der Waals surface area (Å²) in [6.45, 7) is 0. The number of benzene rings is 1. The molecule has 8 heteroatoms. The highest BCUT2D eigenvalue weighted by molar-refractivity contribution is 6.34. The summed E-state index contributed by atoms with van der Waals surface area (Å²) in [6, 6.07) is 7.07. The molecule has 0 radical (unpaired) electrons. The van der Waals surface area contributed by atoms with Crippen LogP contribution in [0.5, 0.6) is 0 Å². The minimum atomic E-state index is -0.551. The van der Waals surface area contributed by atoms with Crippen LogP contribution in [-0.4, -0.2) is 28.4 Å². The topological polar surface area (TPSA) is 72.7 Å². The first kappa shape index (κ1) is 15.9. The second-order valence-electron chi connectivity index (χ2n) is 4.88. The maximum Gasteiger partial charge on any atom is 0.337 e. The van der Waals surface area contributed by atoms with Crippen molar-refractivity contribution in [2.75, 3.05) is 12.4 Å². The van der Waals surface area contributed by atoms with Gasteiger partial charge in [-0.3, -0.25) is 4.79 Å². The fraction of sp³-hybridized carbons (Fsp3) is 0.0625. The Balaban J connectivity index is 1.89. The number of nitrogens with one attached hydrogen (secondary N) is 1. The summed E-state index contributed by atoms with van der Waals surface area (Å²) >= 11 is 6.03. The molecule has 122 valence electrons. The Bertz CT molecular complexity index is 955. The van der Waals surface area contributed by atoms with Crippen molar-refractivity contribution in [3.8, 4) is 0 Å². The number of hydrogen-bond donors (Lipinski definition) is 1. The van der Waals surface area contributed by atoms with E-state index < -0.39 is 17.7 Å². The normalized spacial score (nSPS) is 10.6. The van der Waals surface area contributed by atoms with Gasteiger partial charge in [0.05, 0.1) is 23.4 Å². The zero-order chi connectivity index (χ0) is 17.3. The summed E-state index contributed by atoms with van der Waals surface area (Å²) < 4.78 is 19.2. The molecule has 0 fully saturated rings. The van der Waals surface area contributed by atoms with Crippen LogP contribution >= 0.6 is 11.6 Å². The third-order valence-corrected chi connectivity index (χ3v) is 3.61. The molecular weight excluding hydrogens is 337 g/mol. The van der Waals surface area contributed by atoms with E-state index in [1.165, 1.54) is 54.2 Å².